The van der Waals surface area contributed by atoms with Crippen LogP contribution < -0.4 is 9.47 Å². The van der Waals surface area contributed by atoms with Crippen molar-refractivity contribution >= 4 is 29.1 Å². The van der Waals surface area contributed by atoms with Crippen molar-refractivity contribution in [1.29, 1.82) is 0 Å². The molecule has 29 heavy (non-hydrogen) atoms. The summed E-state index contributed by atoms with van der Waals surface area (Å²) in [5, 5.41) is 11.3. The minimum absolute atomic E-state index is 0.0137. The summed E-state index contributed by atoms with van der Waals surface area (Å²) < 4.78 is 16.2. The molecule has 0 saturated heterocycles. The van der Waals surface area contributed by atoms with Gasteiger partial charge in [0.15, 0.2) is 11.5 Å². The van der Waals surface area contributed by atoms with E-state index < -0.39 is 4.92 Å². The van der Waals surface area contributed by atoms with Gasteiger partial charge in [-0.05, 0) is 48.6 Å². The lowest BCUT2D eigenvalue weighted by Crippen LogP contribution is -1.98. The highest BCUT2D eigenvalue weighted by Gasteiger charge is 2.16. The van der Waals surface area contributed by atoms with E-state index >= 15 is 0 Å². The third-order valence-electron chi connectivity index (χ3n) is 3.92. The molecule has 0 aliphatic carbocycles. The van der Waals surface area contributed by atoms with E-state index in [2.05, 4.69) is 0 Å². The third kappa shape index (κ3) is 5.24. The highest BCUT2D eigenvalue weighted by molar-refractivity contribution is 6.30. The zero-order chi connectivity index (χ0) is 20.8. The molecule has 0 aliphatic rings. The largest absolute Gasteiger partial charge is 0.497 e. The first kappa shape index (κ1) is 20.2. The number of hydrogen-bond donors (Lipinski definition) is 0. The number of methoxy groups -OCH3 is 1. The molecular weight excluding hydrogens is 398 g/mol. The Hall–Kier alpha value is -3.58. The van der Waals surface area contributed by atoms with E-state index in [4.69, 9.17) is 25.5 Å². The highest BCUT2D eigenvalue weighted by atomic mass is 35.5. The van der Waals surface area contributed by atoms with Gasteiger partial charge in [0.1, 0.15) is 23.9 Å². The predicted molar refractivity (Wildman–Crippen MR) is 108 cm³/mol. The van der Waals surface area contributed by atoms with Gasteiger partial charge in [-0.1, -0.05) is 23.7 Å². The molecule has 0 bridgehead atoms. The Morgan fingerprint density at radius 3 is 2.79 bits per heavy atom. The number of ketones is 1. The number of allylic oxidation sites excluding steroid dienone is 1. The molecule has 148 valence electrons. The van der Waals surface area contributed by atoms with Crippen LogP contribution in [0.3, 0.4) is 0 Å². The summed E-state index contributed by atoms with van der Waals surface area (Å²) in [5.41, 5.74) is 0.263. The zero-order valence-electron chi connectivity index (χ0n) is 15.3. The number of rotatable bonds is 8. The van der Waals surface area contributed by atoms with E-state index in [0.717, 1.165) is 0 Å². The van der Waals surface area contributed by atoms with Crippen molar-refractivity contribution in [2.24, 2.45) is 0 Å². The first-order chi connectivity index (χ1) is 14.0. The Kier molecular flexibility index (Phi) is 6.31. The SMILES string of the molecule is COc1cccc(C(=O)/C=C/c2ccc(COc3ccc(Cl)cc3[N+](=O)[O-])o2)c1. The lowest BCUT2D eigenvalue weighted by Gasteiger charge is -2.05. The number of nitro groups is 1. The number of furan rings is 1. The summed E-state index contributed by atoms with van der Waals surface area (Å²) in [7, 11) is 1.53. The number of carbonyl (C=O) groups is 1. The molecule has 0 atom stereocenters. The summed E-state index contributed by atoms with van der Waals surface area (Å²) in [5.74, 6) is 1.38. The van der Waals surface area contributed by atoms with Crippen molar-refractivity contribution in [3.8, 4) is 11.5 Å². The van der Waals surface area contributed by atoms with Crippen LogP contribution in [-0.4, -0.2) is 17.8 Å². The second-order valence-electron chi connectivity index (χ2n) is 5.89. The van der Waals surface area contributed by atoms with Gasteiger partial charge in [0.05, 0.1) is 12.0 Å². The topological polar surface area (TPSA) is 91.8 Å². The number of carbonyl (C=O) groups excluding carboxylic acids is 1. The van der Waals surface area contributed by atoms with Crippen LogP contribution in [-0.2, 0) is 6.61 Å². The first-order valence-electron chi connectivity index (χ1n) is 8.48. The van der Waals surface area contributed by atoms with Crippen LogP contribution in [0.1, 0.15) is 21.9 Å². The summed E-state index contributed by atoms with van der Waals surface area (Å²) in [6.45, 7) is -0.0137. The molecular formula is C21H16ClNO6. The molecule has 3 aromatic rings. The van der Waals surface area contributed by atoms with Gasteiger partial charge < -0.3 is 13.9 Å². The maximum Gasteiger partial charge on any atom is 0.312 e. The van der Waals surface area contributed by atoms with Gasteiger partial charge in [-0.15, -0.1) is 0 Å². The summed E-state index contributed by atoms with van der Waals surface area (Å²) in [6.07, 6.45) is 2.93. The van der Waals surface area contributed by atoms with Crippen LogP contribution >= 0.6 is 11.6 Å². The molecule has 0 saturated carbocycles. The molecule has 0 spiro atoms. The second kappa shape index (κ2) is 9.07. The van der Waals surface area contributed by atoms with E-state index in [1.54, 1.807) is 36.4 Å². The fourth-order valence-electron chi connectivity index (χ4n) is 2.50. The minimum atomic E-state index is -0.568. The fourth-order valence-corrected chi connectivity index (χ4v) is 2.66. The lowest BCUT2D eigenvalue weighted by molar-refractivity contribution is -0.385. The lowest BCUT2D eigenvalue weighted by atomic mass is 10.1. The molecule has 0 fully saturated rings. The standard InChI is InChI=1S/C21H16ClNO6/c1-27-17-4-2-3-14(11-17)20(24)9-8-16-6-7-18(29-16)13-28-21-10-5-15(22)12-19(21)23(25)26/h2-12H,13H2,1H3/b9-8+. The van der Waals surface area contributed by atoms with Crippen LogP contribution in [0.5, 0.6) is 11.5 Å². The molecule has 0 aliphatic heterocycles. The van der Waals surface area contributed by atoms with Gasteiger partial charge in [-0.3, -0.25) is 14.9 Å². The van der Waals surface area contributed by atoms with Gasteiger partial charge in [0, 0.05) is 16.7 Å². The maximum absolute atomic E-state index is 12.2. The fraction of sp³-hybridized carbons (Fsp3) is 0.0952. The predicted octanol–water partition coefficient (Wildman–Crippen LogP) is 5.32. The highest BCUT2D eigenvalue weighted by Crippen LogP contribution is 2.30. The summed E-state index contributed by atoms with van der Waals surface area (Å²) in [4.78, 5) is 22.8. The molecule has 0 amide bonds. The Labute approximate surface area is 171 Å². The molecule has 8 heteroatoms. The first-order valence-corrected chi connectivity index (χ1v) is 8.86. The van der Waals surface area contributed by atoms with Crippen molar-refractivity contribution in [2.45, 2.75) is 6.61 Å². The van der Waals surface area contributed by atoms with E-state index in [-0.39, 0.29) is 28.8 Å². The van der Waals surface area contributed by atoms with Crippen molar-refractivity contribution in [2.75, 3.05) is 7.11 Å². The number of nitro benzene ring substituents is 1. The Balaban J connectivity index is 1.64. The van der Waals surface area contributed by atoms with E-state index in [1.165, 1.54) is 37.5 Å². The number of benzene rings is 2. The molecule has 0 unspecified atom stereocenters. The smallest absolute Gasteiger partial charge is 0.312 e. The Morgan fingerprint density at radius 2 is 2.03 bits per heavy atom. The molecule has 1 aromatic heterocycles. The molecule has 0 N–H and O–H groups in total. The number of nitrogens with zero attached hydrogens (tertiary/aromatic N) is 1. The molecule has 2 aromatic carbocycles. The van der Waals surface area contributed by atoms with Gasteiger partial charge in [0.2, 0.25) is 0 Å². The van der Waals surface area contributed by atoms with Gasteiger partial charge >= 0.3 is 5.69 Å². The number of ether oxygens (including phenoxy) is 2. The average Bonchev–Trinajstić information content (AvgIpc) is 3.18. The van der Waals surface area contributed by atoms with Crippen molar-refractivity contribution in [1.82, 2.24) is 0 Å². The van der Waals surface area contributed by atoms with Crippen LogP contribution in [0, 0.1) is 10.1 Å². The molecule has 0 radical (unpaired) electrons. The molecule has 3 rings (SSSR count). The van der Waals surface area contributed by atoms with Crippen LogP contribution in [0.2, 0.25) is 5.02 Å². The average molecular weight is 414 g/mol. The Bertz CT molecular complexity index is 1070. The van der Waals surface area contributed by atoms with Crippen molar-refractivity contribution in [3.63, 3.8) is 0 Å². The van der Waals surface area contributed by atoms with Gasteiger partial charge in [-0.25, -0.2) is 0 Å². The zero-order valence-corrected chi connectivity index (χ0v) is 16.1. The monoisotopic (exact) mass is 413 g/mol. The van der Waals surface area contributed by atoms with Crippen molar-refractivity contribution < 1.29 is 23.6 Å². The van der Waals surface area contributed by atoms with E-state index in [1.807, 2.05) is 0 Å². The minimum Gasteiger partial charge on any atom is -0.497 e. The van der Waals surface area contributed by atoms with Crippen LogP contribution in [0.4, 0.5) is 5.69 Å². The summed E-state index contributed by atoms with van der Waals surface area (Å²) in [6, 6.07) is 14.3. The second-order valence-corrected chi connectivity index (χ2v) is 6.33. The van der Waals surface area contributed by atoms with Crippen LogP contribution in [0.25, 0.3) is 6.08 Å². The van der Waals surface area contributed by atoms with Gasteiger partial charge in [-0.2, -0.15) is 0 Å². The number of halogens is 1. The summed E-state index contributed by atoms with van der Waals surface area (Å²) >= 11 is 5.78. The van der Waals surface area contributed by atoms with Crippen LogP contribution in [0.15, 0.2) is 65.1 Å². The quantitative estimate of drug-likeness (QED) is 0.214. The normalized spacial score (nSPS) is 10.8. The van der Waals surface area contributed by atoms with E-state index in [9.17, 15) is 14.9 Å². The third-order valence-corrected chi connectivity index (χ3v) is 4.16. The maximum atomic E-state index is 12.2. The van der Waals surface area contributed by atoms with Crippen molar-refractivity contribution in [3.05, 3.63) is 92.9 Å². The Morgan fingerprint density at radius 1 is 1.21 bits per heavy atom. The van der Waals surface area contributed by atoms with Gasteiger partial charge in [0.25, 0.3) is 0 Å². The van der Waals surface area contributed by atoms with E-state index in [0.29, 0.717) is 22.8 Å². The molecule has 7 nitrogen and oxygen atoms in total. The molecule has 1 heterocycles. The number of hydrogen-bond acceptors (Lipinski definition) is 6.